The van der Waals surface area contributed by atoms with Gasteiger partial charge in [-0.15, -0.1) is 0 Å². The van der Waals surface area contributed by atoms with E-state index in [0.717, 1.165) is 33.8 Å². The van der Waals surface area contributed by atoms with Crippen molar-refractivity contribution in [2.45, 2.75) is 19.8 Å². The van der Waals surface area contributed by atoms with Gasteiger partial charge < -0.3 is 14.8 Å². The van der Waals surface area contributed by atoms with Crippen LogP contribution < -0.4 is 14.8 Å². The van der Waals surface area contributed by atoms with Crippen molar-refractivity contribution in [1.29, 1.82) is 0 Å². The lowest BCUT2D eigenvalue weighted by Gasteiger charge is -2.11. The molecule has 3 aromatic carbocycles. The molecule has 5 heteroatoms. The zero-order valence-electron chi connectivity index (χ0n) is 15.9. The molecule has 1 N–H and O–H groups in total. The van der Waals surface area contributed by atoms with Crippen LogP contribution in [-0.2, 0) is 11.2 Å². The molecule has 0 aliphatic heterocycles. The average Bonchev–Trinajstić information content (AvgIpc) is 2.72. The van der Waals surface area contributed by atoms with Gasteiger partial charge in [-0.1, -0.05) is 55.8 Å². The van der Waals surface area contributed by atoms with Crippen LogP contribution in [0.3, 0.4) is 0 Å². The van der Waals surface area contributed by atoms with Crippen molar-refractivity contribution in [3.05, 3.63) is 70.7 Å². The molecule has 0 aromatic heterocycles. The lowest BCUT2D eigenvalue weighted by atomic mass is 10.1. The van der Waals surface area contributed by atoms with Crippen LogP contribution in [-0.4, -0.2) is 25.7 Å². The summed E-state index contributed by atoms with van der Waals surface area (Å²) >= 11 is 3.56. The number of carbonyl (C=O) groups excluding carboxylic acids is 1. The highest BCUT2D eigenvalue weighted by atomic mass is 79.9. The predicted octanol–water partition coefficient (Wildman–Crippen LogP) is 5.13. The Morgan fingerprint density at radius 1 is 1.00 bits per heavy atom. The largest absolute Gasteiger partial charge is 0.492 e. The third kappa shape index (κ3) is 5.49. The summed E-state index contributed by atoms with van der Waals surface area (Å²) in [6.45, 7) is 2.97. The Labute approximate surface area is 174 Å². The number of nitrogens with one attached hydrogen (secondary N) is 1. The molecule has 0 saturated heterocycles. The van der Waals surface area contributed by atoms with E-state index in [2.05, 4.69) is 40.3 Å². The van der Waals surface area contributed by atoms with Crippen LogP contribution in [0.15, 0.2) is 65.1 Å². The summed E-state index contributed by atoms with van der Waals surface area (Å²) in [5, 5.41) is 4.98. The smallest absolute Gasteiger partial charge is 0.258 e. The lowest BCUT2D eigenvalue weighted by Crippen LogP contribution is -2.32. The first kappa shape index (κ1) is 20.2. The van der Waals surface area contributed by atoms with E-state index in [-0.39, 0.29) is 12.5 Å². The van der Waals surface area contributed by atoms with Crippen molar-refractivity contribution in [2.75, 3.05) is 19.8 Å². The van der Waals surface area contributed by atoms with Crippen molar-refractivity contribution in [2.24, 2.45) is 0 Å². The molecular weight excluding hydrogens is 418 g/mol. The summed E-state index contributed by atoms with van der Waals surface area (Å²) in [4.78, 5) is 12.0. The number of ether oxygens (including phenoxy) is 2. The number of fused-ring (bicyclic) bond motifs is 1. The van der Waals surface area contributed by atoms with Crippen LogP contribution in [0.1, 0.15) is 18.9 Å². The summed E-state index contributed by atoms with van der Waals surface area (Å²) in [5.41, 5.74) is 1.31. The van der Waals surface area contributed by atoms with Crippen LogP contribution >= 0.6 is 15.9 Å². The van der Waals surface area contributed by atoms with Crippen molar-refractivity contribution >= 4 is 32.6 Å². The average molecular weight is 442 g/mol. The number of aryl methyl sites for hydroxylation is 1. The van der Waals surface area contributed by atoms with Gasteiger partial charge in [0.1, 0.15) is 18.1 Å². The molecule has 0 heterocycles. The number of hydrogen-bond acceptors (Lipinski definition) is 3. The highest BCUT2D eigenvalue weighted by molar-refractivity contribution is 9.10. The van der Waals surface area contributed by atoms with Crippen molar-refractivity contribution in [3.63, 3.8) is 0 Å². The summed E-state index contributed by atoms with van der Waals surface area (Å²) in [6.07, 6.45) is 2.20. The van der Waals surface area contributed by atoms with E-state index in [9.17, 15) is 4.79 Å². The normalized spacial score (nSPS) is 10.6. The topological polar surface area (TPSA) is 47.6 Å². The molecular formula is C23H24BrNO3. The number of carbonyl (C=O) groups is 1. The van der Waals surface area contributed by atoms with Crippen LogP contribution in [0.2, 0.25) is 0 Å². The van der Waals surface area contributed by atoms with Gasteiger partial charge in [-0.05, 0) is 56.9 Å². The molecule has 0 atom stereocenters. The molecule has 0 fully saturated rings. The molecule has 0 aliphatic rings. The van der Waals surface area contributed by atoms with Gasteiger partial charge >= 0.3 is 0 Å². The van der Waals surface area contributed by atoms with Gasteiger partial charge in [0.25, 0.3) is 5.91 Å². The highest BCUT2D eigenvalue weighted by Gasteiger charge is 2.08. The van der Waals surface area contributed by atoms with Crippen LogP contribution in [0.25, 0.3) is 10.8 Å². The third-order valence-electron chi connectivity index (χ3n) is 4.34. The molecule has 3 rings (SSSR count). The van der Waals surface area contributed by atoms with Crippen molar-refractivity contribution in [3.8, 4) is 11.5 Å². The Bertz CT molecular complexity index is 925. The Balaban J connectivity index is 1.41. The summed E-state index contributed by atoms with van der Waals surface area (Å²) in [6, 6.07) is 19.9. The fraction of sp³-hybridized carbons (Fsp3) is 0.261. The maximum atomic E-state index is 12.0. The lowest BCUT2D eigenvalue weighted by molar-refractivity contribution is -0.123. The zero-order chi connectivity index (χ0) is 19.8. The van der Waals surface area contributed by atoms with Gasteiger partial charge in [-0.3, -0.25) is 4.79 Å². The summed E-state index contributed by atoms with van der Waals surface area (Å²) < 4.78 is 12.2. The molecule has 3 aromatic rings. The van der Waals surface area contributed by atoms with E-state index in [1.165, 1.54) is 5.56 Å². The fourth-order valence-corrected chi connectivity index (χ4v) is 3.53. The van der Waals surface area contributed by atoms with Gasteiger partial charge in [-0.2, -0.15) is 0 Å². The Morgan fingerprint density at radius 2 is 1.79 bits per heavy atom. The van der Waals surface area contributed by atoms with Crippen LogP contribution in [0.5, 0.6) is 11.5 Å². The summed E-state index contributed by atoms with van der Waals surface area (Å²) in [7, 11) is 0. The predicted molar refractivity (Wildman–Crippen MR) is 116 cm³/mol. The minimum absolute atomic E-state index is 0.0390. The quantitative estimate of drug-likeness (QED) is 0.468. The molecule has 1 amide bonds. The van der Waals surface area contributed by atoms with E-state index in [1.807, 2.05) is 48.5 Å². The number of amides is 1. The van der Waals surface area contributed by atoms with E-state index < -0.39 is 0 Å². The van der Waals surface area contributed by atoms with Gasteiger partial charge in [0, 0.05) is 0 Å². The fourth-order valence-electron chi connectivity index (χ4n) is 2.92. The van der Waals surface area contributed by atoms with E-state index >= 15 is 0 Å². The van der Waals surface area contributed by atoms with E-state index in [4.69, 9.17) is 9.47 Å². The minimum Gasteiger partial charge on any atom is -0.492 e. The molecule has 0 bridgehead atoms. The van der Waals surface area contributed by atoms with E-state index in [1.54, 1.807) is 0 Å². The van der Waals surface area contributed by atoms with Crippen molar-refractivity contribution in [1.82, 2.24) is 5.32 Å². The number of hydrogen-bond donors (Lipinski definition) is 1. The first-order valence-corrected chi connectivity index (χ1v) is 10.2. The third-order valence-corrected chi connectivity index (χ3v) is 5.16. The van der Waals surface area contributed by atoms with Gasteiger partial charge in [0.2, 0.25) is 0 Å². The number of benzene rings is 3. The molecule has 0 radical (unpaired) electrons. The molecule has 0 saturated carbocycles. The Hall–Kier alpha value is -2.53. The number of halogens is 1. The van der Waals surface area contributed by atoms with Crippen LogP contribution in [0, 0.1) is 0 Å². The second-order valence-corrected chi connectivity index (χ2v) is 7.27. The number of rotatable bonds is 9. The first-order chi connectivity index (χ1) is 13.7. The maximum Gasteiger partial charge on any atom is 0.258 e. The van der Waals surface area contributed by atoms with Gasteiger partial charge in [-0.25, -0.2) is 0 Å². The zero-order valence-corrected chi connectivity index (χ0v) is 17.5. The maximum absolute atomic E-state index is 12.0. The second kappa shape index (κ2) is 10.1. The van der Waals surface area contributed by atoms with Crippen LogP contribution in [0.4, 0.5) is 0 Å². The van der Waals surface area contributed by atoms with E-state index in [0.29, 0.717) is 18.9 Å². The Kier molecular flexibility index (Phi) is 7.31. The highest BCUT2D eigenvalue weighted by Crippen LogP contribution is 2.32. The monoisotopic (exact) mass is 441 g/mol. The van der Waals surface area contributed by atoms with Crippen molar-refractivity contribution < 1.29 is 14.3 Å². The molecule has 0 spiro atoms. The summed E-state index contributed by atoms with van der Waals surface area (Å²) in [5.74, 6) is 1.28. The second-order valence-electron chi connectivity index (χ2n) is 6.48. The Morgan fingerprint density at radius 3 is 2.57 bits per heavy atom. The first-order valence-electron chi connectivity index (χ1n) is 9.46. The minimum atomic E-state index is -0.179. The van der Waals surface area contributed by atoms with Gasteiger partial charge in [0.15, 0.2) is 6.61 Å². The van der Waals surface area contributed by atoms with Gasteiger partial charge in [0.05, 0.1) is 11.0 Å². The molecule has 4 nitrogen and oxygen atoms in total. The molecule has 0 unspecified atom stereocenters. The standard InChI is InChI=1S/C23H24BrNO3/c1-2-5-17-8-11-19(12-9-17)27-15-14-25-22(26)16-28-21-13-10-18-6-3-4-7-20(18)23(21)24/h3-4,6-13H,2,5,14-16H2,1H3,(H,25,26). The molecule has 0 aliphatic carbocycles. The SMILES string of the molecule is CCCc1ccc(OCCNC(=O)COc2ccc3ccccc3c2Br)cc1. The molecule has 28 heavy (non-hydrogen) atoms. The molecule has 146 valence electrons.